The Morgan fingerprint density at radius 1 is 1.24 bits per heavy atom. The van der Waals surface area contributed by atoms with Crippen LogP contribution in [0, 0.1) is 6.92 Å². The minimum atomic E-state index is -0.261. The molecule has 0 radical (unpaired) electrons. The van der Waals surface area contributed by atoms with Crippen LogP contribution in [0.25, 0.3) is 0 Å². The van der Waals surface area contributed by atoms with Gasteiger partial charge in [-0.25, -0.2) is 0 Å². The average molecular weight is 345 g/mol. The zero-order valence-electron chi connectivity index (χ0n) is 15.0. The number of nitrogens with one attached hydrogen (secondary N) is 1. The Bertz CT molecular complexity index is 772. The molecule has 1 aliphatic heterocycles. The van der Waals surface area contributed by atoms with Gasteiger partial charge in [0.1, 0.15) is 11.5 Å². The van der Waals surface area contributed by atoms with Crippen molar-refractivity contribution >= 4 is 5.91 Å². The number of fused-ring (bicyclic) bond motifs is 1. The van der Waals surface area contributed by atoms with Gasteiger partial charge in [0, 0.05) is 37.1 Å². The molecule has 1 aliphatic rings. The summed E-state index contributed by atoms with van der Waals surface area (Å²) in [5.74, 6) is 1.35. The van der Waals surface area contributed by atoms with Gasteiger partial charge >= 0.3 is 0 Å². The van der Waals surface area contributed by atoms with E-state index < -0.39 is 0 Å². The molecular weight excluding hydrogens is 322 g/mol. The van der Waals surface area contributed by atoms with E-state index in [9.17, 15) is 4.79 Å². The van der Waals surface area contributed by atoms with Crippen molar-refractivity contribution < 1.29 is 19.0 Å². The molecule has 0 saturated carbocycles. The van der Waals surface area contributed by atoms with Crippen LogP contribution in [0.2, 0.25) is 0 Å². The van der Waals surface area contributed by atoms with Gasteiger partial charge in [-0.1, -0.05) is 0 Å². The van der Waals surface area contributed by atoms with Gasteiger partial charge in [-0.2, -0.15) is 5.10 Å². The Morgan fingerprint density at radius 2 is 2.04 bits per heavy atom. The summed E-state index contributed by atoms with van der Waals surface area (Å²) >= 11 is 0. The molecule has 7 nitrogen and oxygen atoms in total. The number of aryl methyl sites for hydroxylation is 1. The third-order valence-corrected chi connectivity index (χ3v) is 4.52. The maximum absolute atomic E-state index is 12.9. The fourth-order valence-electron chi connectivity index (χ4n) is 3.33. The van der Waals surface area contributed by atoms with Crippen molar-refractivity contribution in [3.05, 3.63) is 40.7 Å². The summed E-state index contributed by atoms with van der Waals surface area (Å²) in [5, 5.41) is 7.14. The number of benzene rings is 1. The summed E-state index contributed by atoms with van der Waals surface area (Å²) in [4.78, 5) is 14.7. The van der Waals surface area contributed by atoms with E-state index in [-0.39, 0.29) is 11.9 Å². The molecular formula is C18H23N3O4. The number of nitrogens with zero attached hydrogens (tertiary/aromatic N) is 2. The molecule has 0 aliphatic carbocycles. The summed E-state index contributed by atoms with van der Waals surface area (Å²) < 4.78 is 16.1. The van der Waals surface area contributed by atoms with Crippen LogP contribution in [0.15, 0.2) is 18.2 Å². The Labute approximate surface area is 146 Å². The second kappa shape index (κ2) is 7.14. The molecule has 7 heteroatoms. The highest BCUT2D eigenvalue weighted by atomic mass is 16.5. The van der Waals surface area contributed by atoms with Gasteiger partial charge in [-0.05, 0) is 31.5 Å². The zero-order valence-corrected chi connectivity index (χ0v) is 15.0. The number of H-pyrrole nitrogens is 1. The van der Waals surface area contributed by atoms with Crippen LogP contribution in [-0.2, 0) is 4.74 Å². The quantitative estimate of drug-likeness (QED) is 0.779. The van der Waals surface area contributed by atoms with Crippen molar-refractivity contribution in [2.75, 3.05) is 34.5 Å². The van der Waals surface area contributed by atoms with Crippen molar-refractivity contribution in [1.29, 1.82) is 0 Å². The largest absolute Gasteiger partial charge is 0.497 e. The molecule has 1 unspecified atom stereocenters. The van der Waals surface area contributed by atoms with Crippen LogP contribution in [0.5, 0.6) is 11.5 Å². The van der Waals surface area contributed by atoms with Crippen molar-refractivity contribution in [1.82, 2.24) is 15.1 Å². The summed E-state index contributed by atoms with van der Waals surface area (Å²) in [7, 11) is 4.90. The van der Waals surface area contributed by atoms with Gasteiger partial charge < -0.3 is 19.1 Å². The van der Waals surface area contributed by atoms with Crippen LogP contribution < -0.4 is 9.47 Å². The monoisotopic (exact) mass is 345 g/mol. The standard InChI is InChI=1S/C18H23N3O4/c1-11-15-16(20-19-11)18(22)21(8-5-9-23-2)17(15)13-10-12(24-3)6-7-14(13)25-4/h6-7,10,17H,5,8-9H2,1-4H3,(H,19,20). The Morgan fingerprint density at radius 3 is 2.72 bits per heavy atom. The highest BCUT2D eigenvalue weighted by Gasteiger charge is 2.42. The second-order valence-corrected chi connectivity index (χ2v) is 5.97. The highest BCUT2D eigenvalue weighted by Crippen LogP contribution is 2.43. The first-order valence-corrected chi connectivity index (χ1v) is 8.19. The smallest absolute Gasteiger partial charge is 0.275 e. The number of hydrogen-bond donors (Lipinski definition) is 1. The van der Waals surface area contributed by atoms with Crippen LogP contribution in [0.3, 0.4) is 0 Å². The average Bonchev–Trinajstić information content (AvgIpc) is 3.13. The third kappa shape index (κ3) is 2.95. The van der Waals surface area contributed by atoms with Crippen LogP contribution in [-0.4, -0.2) is 55.5 Å². The molecule has 1 N–H and O–H groups in total. The minimum absolute atomic E-state index is 0.0784. The van der Waals surface area contributed by atoms with E-state index in [1.807, 2.05) is 30.0 Å². The first-order chi connectivity index (χ1) is 12.1. The summed E-state index contributed by atoms with van der Waals surface area (Å²) in [6.45, 7) is 3.10. The lowest BCUT2D eigenvalue weighted by atomic mass is 9.98. The predicted molar refractivity (Wildman–Crippen MR) is 92.2 cm³/mol. The van der Waals surface area contributed by atoms with Gasteiger partial charge in [0.15, 0.2) is 5.69 Å². The number of aromatic amines is 1. The van der Waals surface area contributed by atoms with Crippen LogP contribution >= 0.6 is 0 Å². The molecule has 0 saturated heterocycles. The maximum Gasteiger partial charge on any atom is 0.275 e. The second-order valence-electron chi connectivity index (χ2n) is 5.97. The van der Waals surface area contributed by atoms with Crippen molar-refractivity contribution in [3.63, 3.8) is 0 Å². The fourth-order valence-corrected chi connectivity index (χ4v) is 3.33. The zero-order chi connectivity index (χ0) is 18.0. The number of amides is 1. The molecule has 0 fully saturated rings. The number of methoxy groups -OCH3 is 3. The Kier molecular flexibility index (Phi) is 4.94. The van der Waals surface area contributed by atoms with Crippen molar-refractivity contribution in [2.45, 2.75) is 19.4 Å². The molecule has 1 amide bonds. The molecule has 3 rings (SSSR count). The van der Waals surface area contributed by atoms with Gasteiger partial charge in [-0.15, -0.1) is 0 Å². The summed E-state index contributed by atoms with van der Waals surface area (Å²) in [6.07, 6.45) is 0.748. The topological polar surface area (TPSA) is 76.7 Å². The van der Waals surface area contributed by atoms with Gasteiger partial charge in [0.2, 0.25) is 0 Å². The van der Waals surface area contributed by atoms with Crippen LogP contribution in [0.4, 0.5) is 0 Å². The molecule has 1 aromatic heterocycles. The molecule has 0 spiro atoms. The first kappa shape index (κ1) is 17.3. The summed E-state index contributed by atoms with van der Waals surface area (Å²) in [5.41, 5.74) is 3.14. The molecule has 1 aromatic carbocycles. The molecule has 25 heavy (non-hydrogen) atoms. The van der Waals surface area contributed by atoms with Crippen LogP contribution in [0.1, 0.15) is 39.8 Å². The number of hydrogen-bond acceptors (Lipinski definition) is 5. The van der Waals surface area contributed by atoms with Gasteiger partial charge in [0.05, 0.1) is 20.3 Å². The van der Waals surface area contributed by atoms with E-state index in [2.05, 4.69) is 10.2 Å². The molecule has 1 atom stereocenters. The number of carbonyl (C=O) groups is 1. The SMILES string of the molecule is COCCCN1C(=O)c2n[nH]c(C)c2C1c1cc(OC)ccc1OC. The van der Waals surface area contributed by atoms with E-state index >= 15 is 0 Å². The van der Waals surface area contributed by atoms with E-state index in [1.165, 1.54) is 0 Å². The molecule has 0 bridgehead atoms. The lowest BCUT2D eigenvalue weighted by Gasteiger charge is -2.27. The number of ether oxygens (including phenoxy) is 3. The number of aromatic nitrogens is 2. The van der Waals surface area contributed by atoms with Crippen molar-refractivity contribution in [2.24, 2.45) is 0 Å². The number of rotatable bonds is 7. The van der Waals surface area contributed by atoms with E-state index in [4.69, 9.17) is 14.2 Å². The molecule has 2 aromatic rings. The maximum atomic E-state index is 12.9. The van der Waals surface area contributed by atoms with Gasteiger partial charge in [-0.3, -0.25) is 9.89 Å². The van der Waals surface area contributed by atoms with Crippen molar-refractivity contribution in [3.8, 4) is 11.5 Å². The highest BCUT2D eigenvalue weighted by molar-refractivity contribution is 5.98. The fraction of sp³-hybridized carbons (Fsp3) is 0.444. The normalized spacial score (nSPS) is 16.2. The Hall–Kier alpha value is -2.54. The number of carbonyl (C=O) groups excluding carboxylic acids is 1. The third-order valence-electron chi connectivity index (χ3n) is 4.52. The van der Waals surface area contributed by atoms with E-state index in [1.54, 1.807) is 21.3 Å². The summed E-state index contributed by atoms with van der Waals surface area (Å²) in [6, 6.07) is 5.36. The lowest BCUT2D eigenvalue weighted by Crippen LogP contribution is -2.31. The lowest BCUT2D eigenvalue weighted by molar-refractivity contribution is 0.0721. The molecule has 2 heterocycles. The predicted octanol–water partition coefficient (Wildman–Crippen LogP) is 2.32. The molecule has 134 valence electrons. The Balaban J connectivity index is 2.09. The minimum Gasteiger partial charge on any atom is -0.497 e. The van der Waals surface area contributed by atoms with Gasteiger partial charge in [0.25, 0.3) is 5.91 Å². The van der Waals surface area contributed by atoms with E-state index in [0.717, 1.165) is 29.0 Å². The van der Waals surface area contributed by atoms with E-state index in [0.29, 0.717) is 24.6 Å². The first-order valence-electron chi connectivity index (χ1n) is 8.19.